The minimum atomic E-state index is -4.15. The number of nitrogens with one attached hydrogen (secondary N) is 1. The maximum absolute atomic E-state index is 12.5. The van der Waals surface area contributed by atoms with Gasteiger partial charge in [-0.25, -0.2) is 0 Å². The fourth-order valence-electron chi connectivity index (χ4n) is 3.25. The first-order chi connectivity index (χ1) is 13.4. The van der Waals surface area contributed by atoms with Crippen LogP contribution in [0.2, 0.25) is 0 Å². The van der Waals surface area contributed by atoms with Crippen LogP contribution in [0, 0.1) is 0 Å². The lowest BCUT2D eigenvalue weighted by Crippen LogP contribution is -2.36. The second kappa shape index (κ2) is 9.25. The van der Waals surface area contributed by atoms with Gasteiger partial charge >= 0.3 is 6.18 Å². The van der Waals surface area contributed by atoms with Crippen LogP contribution in [-0.4, -0.2) is 48.8 Å². The molecule has 152 valence electrons. The van der Waals surface area contributed by atoms with Crippen molar-refractivity contribution in [1.82, 2.24) is 15.2 Å². The van der Waals surface area contributed by atoms with Gasteiger partial charge in [0.15, 0.2) is 11.5 Å². The number of benzene rings is 1. The van der Waals surface area contributed by atoms with Crippen molar-refractivity contribution in [2.24, 2.45) is 0 Å². The Bertz CT molecular complexity index is 756. The first-order valence-electron chi connectivity index (χ1n) is 9.14. The first-order valence-corrected chi connectivity index (χ1v) is 9.14. The normalized spacial score (nSPS) is 17.6. The Morgan fingerprint density at radius 1 is 1.21 bits per heavy atom. The molecule has 0 aliphatic carbocycles. The summed E-state index contributed by atoms with van der Waals surface area (Å²) in [6, 6.07) is 9.47. The maximum atomic E-state index is 12.5. The Balaban J connectivity index is 1.54. The fourth-order valence-corrected chi connectivity index (χ4v) is 3.25. The van der Waals surface area contributed by atoms with Crippen molar-refractivity contribution in [3.05, 3.63) is 53.9 Å². The molecule has 0 saturated carbocycles. The van der Waals surface area contributed by atoms with Gasteiger partial charge in [0.2, 0.25) is 0 Å². The summed E-state index contributed by atoms with van der Waals surface area (Å²) < 4.78 is 48.7. The van der Waals surface area contributed by atoms with Gasteiger partial charge in [-0.05, 0) is 30.2 Å². The molecule has 0 bridgehead atoms. The van der Waals surface area contributed by atoms with Crippen molar-refractivity contribution < 1.29 is 22.6 Å². The zero-order valence-corrected chi connectivity index (χ0v) is 15.7. The van der Waals surface area contributed by atoms with E-state index in [4.69, 9.17) is 9.47 Å². The molecule has 1 fully saturated rings. The van der Waals surface area contributed by atoms with Gasteiger partial charge in [-0.3, -0.25) is 9.88 Å². The predicted octanol–water partition coefficient (Wildman–Crippen LogP) is 3.40. The third-order valence-corrected chi connectivity index (χ3v) is 4.62. The van der Waals surface area contributed by atoms with Gasteiger partial charge in [0.25, 0.3) is 0 Å². The number of ether oxygens (including phenoxy) is 2. The molecule has 1 N–H and O–H groups in total. The van der Waals surface area contributed by atoms with Gasteiger partial charge < -0.3 is 14.8 Å². The first kappa shape index (κ1) is 20.4. The fraction of sp³-hybridized carbons (Fsp3) is 0.450. The summed E-state index contributed by atoms with van der Waals surface area (Å²) in [5.41, 5.74) is 1.93. The van der Waals surface area contributed by atoms with Crippen LogP contribution in [-0.2, 0) is 13.2 Å². The molecule has 1 aliphatic heterocycles. The van der Waals surface area contributed by atoms with E-state index in [-0.39, 0.29) is 6.04 Å². The number of methoxy groups -OCH3 is 1. The van der Waals surface area contributed by atoms with Crippen molar-refractivity contribution in [2.75, 3.05) is 26.7 Å². The highest BCUT2D eigenvalue weighted by Gasteiger charge is 2.34. The maximum Gasteiger partial charge on any atom is 0.401 e. The van der Waals surface area contributed by atoms with E-state index in [1.807, 2.05) is 30.3 Å². The minimum Gasteiger partial charge on any atom is -0.493 e. The van der Waals surface area contributed by atoms with Crippen molar-refractivity contribution in [3.63, 3.8) is 0 Å². The molecule has 2 aromatic rings. The lowest BCUT2D eigenvalue weighted by atomic mass is 10.1. The number of hydrogen-bond acceptors (Lipinski definition) is 5. The predicted molar refractivity (Wildman–Crippen MR) is 99.3 cm³/mol. The van der Waals surface area contributed by atoms with Crippen LogP contribution in [0.25, 0.3) is 0 Å². The van der Waals surface area contributed by atoms with Crippen LogP contribution in [0.4, 0.5) is 13.2 Å². The lowest BCUT2D eigenvalue weighted by molar-refractivity contribution is -0.143. The molecular formula is C20H24F3N3O2. The molecule has 5 nitrogen and oxygen atoms in total. The third-order valence-electron chi connectivity index (χ3n) is 4.62. The molecule has 28 heavy (non-hydrogen) atoms. The van der Waals surface area contributed by atoms with Crippen LogP contribution in [0.1, 0.15) is 17.5 Å². The molecule has 0 unspecified atom stereocenters. The second-order valence-electron chi connectivity index (χ2n) is 6.85. The molecule has 1 saturated heterocycles. The summed E-state index contributed by atoms with van der Waals surface area (Å²) in [5, 5.41) is 3.34. The van der Waals surface area contributed by atoms with Gasteiger partial charge in [0.05, 0.1) is 13.7 Å². The van der Waals surface area contributed by atoms with Gasteiger partial charge in [0.1, 0.15) is 6.61 Å². The zero-order valence-electron chi connectivity index (χ0n) is 15.7. The highest BCUT2D eigenvalue weighted by atomic mass is 19.4. The number of likely N-dealkylation sites (tertiary alicyclic amines) is 1. The summed E-state index contributed by atoms with van der Waals surface area (Å²) in [7, 11) is 1.58. The quantitative estimate of drug-likeness (QED) is 0.743. The Morgan fingerprint density at radius 2 is 2.07 bits per heavy atom. The molecule has 0 radical (unpaired) electrons. The number of hydrogen-bond donors (Lipinski definition) is 1. The van der Waals surface area contributed by atoms with Gasteiger partial charge in [-0.1, -0.05) is 12.1 Å². The smallest absolute Gasteiger partial charge is 0.401 e. The number of aromatic nitrogens is 1. The highest BCUT2D eigenvalue weighted by Crippen LogP contribution is 2.29. The molecule has 0 spiro atoms. The molecule has 1 aromatic heterocycles. The van der Waals surface area contributed by atoms with E-state index >= 15 is 0 Å². The Labute approximate surface area is 162 Å². The number of nitrogens with zero attached hydrogens (tertiary/aromatic N) is 2. The molecule has 1 aliphatic rings. The van der Waals surface area contributed by atoms with E-state index < -0.39 is 12.7 Å². The lowest BCUT2D eigenvalue weighted by Gasteiger charge is -2.18. The third kappa shape index (κ3) is 6.10. The van der Waals surface area contributed by atoms with Crippen LogP contribution in [0.5, 0.6) is 11.5 Å². The van der Waals surface area contributed by atoms with Crippen LogP contribution in [0.15, 0.2) is 42.7 Å². The Hall–Kier alpha value is -2.32. The Morgan fingerprint density at radius 3 is 2.79 bits per heavy atom. The standard InChI is InChI=1S/C20H24F3N3O2/c1-27-18-5-4-15(9-19(18)28-13-16-3-2-7-24-10-16)11-25-17-6-8-26(12-17)14-20(21,22)23/h2-5,7,9-10,17,25H,6,8,11-14H2,1H3/t17-/m0/s1. The molecule has 8 heteroatoms. The molecule has 3 rings (SSSR count). The second-order valence-corrected chi connectivity index (χ2v) is 6.85. The molecule has 2 heterocycles. The van der Waals surface area contributed by atoms with Crippen molar-refractivity contribution in [1.29, 1.82) is 0 Å². The van der Waals surface area contributed by atoms with Crippen LogP contribution < -0.4 is 14.8 Å². The number of alkyl halides is 3. The van der Waals surface area contributed by atoms with Gasteiger partial charge in [-0.15, -0.1) is 0 Å². The van der Waals surface area contributed by atoms with Crippen LogP contribution in [0.3, 0.4) is 0 Å². The minimum absolute atomic E-state index is 0.0456. The number of halogens is 3. The highest BCUT2D eigenvalue weighted by molar-refractivity contribution is 5.43. The van der Waals surface area contributed by atoms with E-state index in [2.05, 4.69) is 10.3 Å². The Kier molecular flexibility index (Phi) is 6.74. The SMILES string of the molecule is COc1ccc(CN[C@H]2CCN(CC(F)(F)F)C2)cc1OCc1cccnc1. The molecule has 0 amide bonds. The summed E-state index contributed by atoms with van der Waals surface area (Å²) in [6.07, 6.45) is 0.00188. The summed E-state index contributed by atoms with van der Waals surface area (Å²) >= 11 is 0. The van der Waals surface area contributed by atoms with Gasteiger partial charge in [-0.2, -0.15) is 13.2 Å². The van der Waals surface area contributed by atoms with E-state index in [1.165, 1.54) is 4.90 Å². The number of pyridine rings is 1. The van der Waals surface area contributed by atoms with Crippen molar-refractivity contribution in [3.8, 4) is 11.5 Å². The zero-order chi connectivity index (χ0) is 20.0. The van der Waals surface area contributed by atoms with E-state index in [0.29, 0.717) is 44.2 Å². The topological polar surface area (TPSA) is 46.6 Å². The van der Waals surface area contributed by atoms with E-state index in [1.54, 1.807) is 19.5 Å². The van der Waals surface area contributed by atoms with Crippen molar-refractivity contribution >= 4 is 0 Å². The average Bonchev–Trinajstić information content (AvgIpc) is 3.11. The van der Waals surface area contributed by atoms with E-state index in [9.17, 15) is 13.2 Å². The average molecular weight is 395 g/mol. The molecule has 1 atom stereocenters. The van der Waals surface area contributed by atoms with E-state index in [0.717, 1.165) is 11.1 Å². The summed E-state index contributed by atoms with van der Waals surface area (Å²) in [5.74, 6) is 1.25. The number of rotatable bonds is 8. The van der Waals surface area contributed by atoms with Gasteiger partial charge in [0, 0.05) is 43.6 Å². The molecular weight excluding hydrogens is 371 g/mol. The van der Waals surface area contributed by atoms with Crippen molar-refractivity contribution in [2.45, 2.75) is 31.8 Å². The summed E-state index contributed by atoms with van der Waals surface area (Å²) in [4.78, 5) is 5.50. The molecule has 1 aromatic carbocycles. The largest absolute Gasteiger partial charge is 0.493 e. The summed E-state index contributed by atoms with van der Waals surface area (Å²) in [6.45, 7) is 0.938. The van der Waals surface area contributed by atoms with Crippen LogP contribution >= 0.6 is 0 Å². The monoisotopic (exact) mass is 395 g/mol.